The maximum absolute atomic E-state index is 9.22. The van der Waals surface area contributed by atoms with Gasteiger partial charge >= 0.3 is 0 Å². The van der Waals surface area contributed by atoms with Crippen molar-refractivity contribution < 1.29 is 0 Å². The van der Waals surface area contributed by atoms with Crippen LogP contribution in [0.3, 0.4) is 0 Å². The molecule has 0 aliphatic carbocycles. The number of likely N-dealkylation sites (tertiary alicyclic amines) is 1. The van der Waals surface area contributed by atoms with E-state index in [0.717, 1.165) is 38.2 Å². The summed E-state index contributed by atoms with van der Waals surface area (Å²) in [6.07, 6.45) is 2.17. The Morgan fingerprint density at radius 2 is 1.87 bits per heavy atom. The van der Waals surface area contributed by atoms with Crippen LogP contribution in [0.2, 0.25) is 5.02 Å². The van der Waals surface area contributed by atoms with E-state index in [9.17, 15) is 5.26 Å². The quantitative estimate of drug-likeness (QED) is 0.911. The van der Waals surface area contributed by atoms with Gasteiger partial charge in [-0.2, -0.15) is 5.26 Å². The van der Waals surface area contributed by atoms with Crippen molar-refractivity contribution in [3.63, 3.8) is 0 Å². The van der Waals surface area contributed by atoms with E-state index in [-0.39, 0.29) is 0 Å². The molecule has 3 rings (SSSR count). The number of benzene rings is 2. The van der Waals surface area contributed by atoms with E-state index in [4.69, 9.17) is 11.6 Å². The second kappa shape index (κ2) is 7.50. The normalized spacial score (nSPS) is 16.0. The van der Waals surface area contributed by atoms with Crippen molar-refractivity contribution in [1.82, 2.24) is 4.90 Å². The summed E-state index contributed by atoms with van der Waals surface area (Å²) in [5, 5.41) is 13.3. The lowest BCUT2D eigenvalue weighted by atomic mass is 10.0. The molecule has 1 aliphatic heterocycles. The fourth-order valence-corrected chi connectivity index (χ4v) is 3.20. The fraction of sp³-hybridized carbons (Fsp3) is 0.316. The number of nitrogens with one attached hydrogen (secondary N) is 1. The molecule has 0 bridgehead atoms. The van der Waals surface area contributed by atoms with Crippen LogP contribution in [0.15, 0.2) is 48.5 Å². The van der Waals surface area contributed by atoms with Gasteiger partial charge in [-0.1, -0.05) is 41.9 Å². The summed E-state index contributed by atoms with van der Waals surface area (Å²) < 4.78 is 0. The van der Waals surface area contributed by atoms with Crippen molar-refractivity contribution in [1.29, 1.82) is 5.26 Å². The molecule has 2 aromatic carbocycles. The van der Waals surface area contributed by atoms with E-state index in [1.54, 1.807) is 6.07 Å². The van der Waals surface area contributed by atoms with Crippen LogP contribution in [0.4, 0.5) is 5.69 Å². The molecule has 0 spiro atoms. The Morgan fingerprint density at radius 1 is 1.13 bits per heavy atom. The van der Waals surface area contributed by atoms with Crippen molar-refractivity contribution >= 4 is 17.3 Å². The van der Waals surface area contributed by atoms with Gasteiger partial charge in [-0.15, -0.1) is 0 Å². The van der Waals surface area contributed by atoms with Crippen LogP contribution in [-0.4, -0.2) is 24.0 Å². The number of halogens is 1. The Bertz CT molecular complexity index is 686. The molecule has 1 N–H and O–H groups in total. The van der Waals surface area contributed by atoms with Gasteiger partial charge in [-0.05, 0) is 36.6 Å². The SMILES string of the molecule is N#Cc1cc(Cl)ccc1NC1CCN(Cc2ccccc2)CC1. The monoisotopic (exact) mass is 325 g/mol. The minimum atomic E-state index is 0.412. The topological polar surface area (TPSA) is 39.1 Å². The van der Waals surface area contributed by atoms with Crippen molar-refractivity contribution in [2.45, 2.75) is 25.4 Å². The number of hydrogen-bond donors (Lipinski definition) is 1. The molecule has 1 fully saturated rings. The van der Waals surface area contributed by atoms with E-state index >= 15 is 0 Å². The third-order valence-electron chi connectivity index (χ3n) is 4.30. The third-order valence-corrected chi connectivity index (χ3v) is 4.53. The average molecular weight is 326 g/mol. The molecular weight excluding hydrogens is 306 g/mol. The second-order valence-electron chi connectivity index (χ2n) is 5.98. The average Bonchev–Trinajstić information content (AvgIpc) is 2.59. The zero-order valence-electron chi connectivity index (χ0n) is 13.0. The predicted octanol–water partition coefficient (Wildman–Crippen LogP) is 4.29. The molecule has 0 atom stereocenters. The lowest BCUT2D eigenvalue weighted by molar-refractivity contribution is 0.211. The van der Waals surface area contributed by atoms with E-state index in [1.165, 1.54) is 5.56 Å². The number of rotatable bonds is 4. The summed E-state index contributed by atoms with van der Waals surface area (Å²) in [7, 11) is 0. The van der Waals surface area contributed by atoms with Gasteiger partial charge in [0.1, 0.15) is 6.07 Å². The van der Waals surface area contributed by atoms with Crippen LogP contribution in [0.1, 0.15) is 24.0 Å². The van der Waals surface area contributed by atoms with Gasteiger partial charge in [0.15, 0.2) is 0 Å². The number of nitriles is 1. The highest BCUT2D eigenvalue weighted by Gasteiger charge is 2.19. The third kappa shape index (κ3) is 4.25. The lowest BCUT2D eigenvalue weighted by Gasteiger charge is -2.33. The fourth-order valence-electron chi connectivity index (χ4n) is 3.03. The standard InChI is InChI=1S/C19H20ClN3/c20-17-6-7-19(16(12-17)13-21)22-18-8-10-23(11-9-18)14-15-4-2-1-3-5-15/h1-7,12,18,22H,8-11,14H2. The maximum Gasteiger partial charge on any atom is 0.101 e. The molecule has 0 aromatic heterocycles. The number of hydrogen-bond acceptors (Lipinski definition) is 3. The Labute approximate surface area is 142 Å². The van der Waals surface area contributed by atoms with Gasteiger partial charge in [0, 0.05) is 30.7 Å². The van der Waals surface area contributed by atoms with Gasteiger partial charge in [-0.3, -0.25) is 4.90 Å². The molecular formula is C19H20ClN3. The zero-order valence-corrected chi connectivity index (χ0v) is 13.8. The van der Waals surface area contributed by atoms with E-state index < -0.39 is 0 Å². The van der Waals surface area contributed by atoms with Gasteiger partial charge in [0.05, 0.1) is 11.3 Å². The maximum atomic E-state index is 9.22. The summed E-state index contributed by atoms with van der Waals surface area (Å²) >= 11 is 5.95. The van der Waals surface area contributed by atoms with Gasteiger partial charge in [0.25, 0.3) is 0 Å². The number of anilines is 1. The largest absolute Gasteiger partial charge is 0.381 e. The zero-order chi connectivity index (χ0) is 16.1. The molecule has 4 heteroatoms. The highest BCUT2D eigenvalue weighted by atomic mass is 35.5. The van der Waals surface area contributed by atoms with Crippen LogP contribution in [-0.2, 0) is 6.54 Å². The molecule has 1 saturated heterocycles. The van der Waals surface area contributed by atoms with Crippen LogP contribution < -0.4 is 5.32 Å². The summed E-state index contributed by atoms with van der Waals surface area (Å²) in [6, 6.07) is 18.7. The summed E-state index contributed by atoms with van der Waals surface area (Å²) in [5.74, 6) is 0. The smallest absolute Gasteiger partial charge is 0.101 e. The summed E-state index contributed by atoms with van der Waals surface area (Å²) in [6.45, 7) is 3.15. The van der Waals surface area contributed by atoms with Crippen LogP contribution in [0.25, 0.3) is 0 Å². The van der Waals surface area contributed by atoms with Crippen LogP contribution in [0.5, 0.6) is 0 Å². The number of nitrogens with zero attached hydrogens (tertiary/aromatic N) is 2. The molecule has 0 unspecified atom stereocenters. The minimum Gasteiger partial charge on any atom is -0.381 e. The highest BCUT2D eigenvalue weighted by molar-refractivity contribution is 6.30. The first-order chi connectivity index (χ1) is 11.2. The molecule has 0 saturated carbocycles. The van der Waals surface area contributed by atoms with E-state index in [2.05, 4.69) is 46.6 Å². The van der Waals surface area contributed by atoms with Gasteiger partial charge in [0.2, 0.25) is 0 Å². The van der Waals surface area contributed by atoms with Crippen LogP contribution in [0, 0.1) is 11.3 Å². The van der Waals surface area contributed by atoms with Gasteiger partial charge in [-0.25, -0.2) is 0 Å². The first-order valence-electron chi connectivity index (χ1n) is 7.97. The molecule has 0 amide bonds. The first kappa shape index (κ1) is 15.9. The highest BCUT2D eigenvalue weighted by Crippen LogP contribution is 2.23. The Hall–Kier alpha value is -2.02. The molecule has 1 aliphatic rings. The molecule has 0 radical (unpaired) electrons. The van der Waals surface area contributed by atoms with Crippen molar-refractivity contribution in [2.75, 3.05) is 18.4 Å². The van der Waals surface area contributed by atoms with Crippen LogP contribution >= 0.6 is 11.6 Å². The summed E-state index contributed by atoms with van der Waals surface area (Å²) in [4.78, 5) is 2.49. The lowest BCUT2D eigenvalue weighted by Crippen LogP contribution is -2.38. The second-order valence-corrected chi connectivity index (χ2v) is 6.42. The first-order valence-corrected chi connectivity index (χ1v) is 8.35. The van der Waals surface area contributed by atoms with Crippen molar-refractivity contribution in [3.8, 4) is 6.07 Å². The summed E-state index contributed by atoms with van der Waals surface area (Å²) in [5.41, 5.74) is 2.87. The molecule has 2 aromatic rings. The number of piperidine rings is 1. The Kier molecular flexibility index (Phi) is 5.17. The molecule has 1 heterocycles. The molecule has 3 nitrogen and oxygen atoms in total. The Morgan fingerprint density at radius 3 is 2.57 bits per heavy atom. The van der Waals surface area contributed by atoms with E-state index in [0.29, 0.717) is 16.6 Å². The van der Waals surface area contributed by atoms with Crippen molar-refractivity contribution in [2.24, 2.45) is 0 Å². The molecule has 23 heavy (non-hydrogen) atoms. The van der Waals surface area contributed by atoms with E-state index in [1.807, 2.05) is 12.1 Å². The molecule has 118 valence electrons. The Balaban J connectivity index is 1.54. The van der Waals surface area contributed by atoms with Gasteiger partial charge < -0.3 is 5.32 Å². The minimum absolute atomic E-state index is 0.412. The predicted molar refractivity (Wildman–Crippen MR) is 94.5 cm³/mol. The van der Waals surface area contributed by atoms with Crippen molar-refractivity contribution in [3.05, 3.63) is 64.7 Å².